The predicted molar refractivity (Wildman–Crippen MR) is 126 cm³/mol. The van der Waals surface area contributed by atoms with Crippen molar-refractivity contribution < 1.29 is 22.7 Å². The number of carbonyl (C=O) groups is 1. The molecule has 1 heterocycles. The van der Waals surface area contributed by atoms with Crippen LogP contribution in [0.3, 0.4) is 0 Å². The molecular weight excluding hydrogens is 466 g/mol. The van der Waals surface area contributed by atoms with E-state index in [1.807, 2.05) is 0 Å². The number of benzene rings is 1. The topological polar surface area (TPSA) is 107 Å². The van der Waals surface area contributed by atoms with Crippen LogP contribution < -0.4 is 5.32 Å². The van der Waals surface area contributed by atoms with E-state index in [1.165, 1.54) is 12.3 Å². The van der Waals surface area contributed by atoms with Crippen LogP contribution in [0.25, 0.3) is 0 Å². The summed E-state index contributed by atoms with van der Waals surface area (Å²) in [4.78, 5) is 21.6. The number of amides is 1. The Labute approximate surface area is 200 Å². The van der Waals surface area contributed by atoms with E-state index < -0.39 is 16.1 Å². The normalized spacial score (nSPS) is 15.7. The number of methoxy groups -OCH3 is 2. The van der Waals surface area contributed by atoms with Gasteiger partial charge in [0, 0.05) is 33.3 Å². The van der Waals surface area contributed by atoms with Crippen LogP contribution in [0.15, 0.2) is 35.5 Å². The molecule has 1 aromatic heterocycles. The van der Waals surface area contributed by atoms with Gasteiger partial charge in [0.05, 0.1) is 28.0 Å². The second kappa shape index (κ2) is 11.4. The summed E-state index contributed by atoms with van der Waals surface area (Å²) in [5.74, 6) is 0.467. The summed E-state index contributed by atoms with van der Waals surface area (Å²) in [6.45, 7) is 0. The molecule has 1 aliphatic carbocycles. The Morgan fingerprint density at radius 1 is 1.18 bits per heavy atom. The zero-order chi connectivity index (χ0) is 24.0. The minimum atomic E-state index is -3.42. The van der Waals surface area contributed by atoms with Gasteiger partial charge in [-0.15, -0.1) is 0 Å². The Morgan fingerprint density at radius 3 is 2.42 bits per heavy atom. The predicted octanol–water partition coefficient (Wildman–Crippen LogP) is 4.00. The summed E-state index contributed by atoms with van der Waals surface area (Å²) >= 11 is 6.29. The van der Waals surface area contributed by atoms with E-state index >= 15 is 0 Å². The standard InChI is InChI=1S/C23H30ClN3O5S/c1-31-23(32-2)11-17-13-26-21(14-25-17)27-22(28)12-18(15-6-4-5-7-15)16-8-9-20(19(24)10-16)33(3,29)30/h8-10,13-15,18,23H,4-7,11-12H2,1-3H3,(H,26,27,28). The highest BCUT2D eigenvalue weighted by atomic mass is 35.5. The van der Waals surface area contributed by atoms with Crippen molar-refractivity contribution in [1.29, 1.82) is 0 Å². The van der Waals surface area contributed by atoms with Gasteiger partial charge < -0.3 is 14.8 Å². The maximum Gasteiger partial charge on any atom is 0.226 e. The first kappa shape index (κ1) is 25.6. The van der Waals surface area contributed by atoms with Crippen LogP contribution in [-0.4, -0.2) is 51.1 Å². The number of ether oxygens (including phenoxy) is 2. The molecule has 0 spiro atoms. The van der Waals surface area contributed by atoms with Crippen LogP contribution in [0, 0.1) is 5.92 Å². The second-order valence-corrected chi connectivity index (χ2v) is 10.8. The summed E-state index contributed by atoms with van der Waals surface area (Å²) in [7, 11) is -0.307. The number of nitrogens with zero attached hydrogens (tertiary/aromatic N) is 2. The fourth-order valence-corrected chi connectivity index (χ4v) is 5.65. The smallest absolute Gasteiger partial charge is 0.226 e. The summed E-state index contributed by atoms with van der Waals surface area (Å²) in [6.07, 6.45) is 8.80. The molecule has 1 saturated carbocycles. The molecule has 180 valence electrons. The molecule has 1 amide bonds. The van der Waals surface area contributed by atoms with Crippen molar-refractivity contribution >= 4 is 33.2 Å². The third kappa shape index (κ3) is 6.96. The van der Waals surface area contributed by atoms with Gasteiger partial charge in [-0.2, -0.15) is 0 Å². The van der Waals surface area contributed by atoms with Crippen molar-refractivity contribution in [3.63, 3.8) is 0 Å². The number of hydrogen-bond acceptors (Lipinski definition) is 7. The van der Waals surface area contributed by atoms with Crippen LogP contribution in [0.4, 0.5) is 5.82 Å². The molecule has 0 aliphatic heterocycles. The minimum Gasteiger partial charge on any atom is -0.356 e. The molecule has 1 unspecified atom stereocenters. The molecule has 8 nitrogen and oxygen atoms in total. The molecule has 33 heavy (non-hydrogen) atoms. The van der Waals surface area contributed by atoms with E-state index in [9.17, 15) is 13.2 Å². The number of nitrogens with one attached hydrogen (secondary N) is 1. The third-order valence-electron chi connectivity index (χ3n) is 6.03. The fourth-order valence-electron chi connectivity index (χ4n) is 4.32. The number of sulfone groups is 1. The summed E-state index contributed by atoms with van der Waals surface area (Å²) in [6, 6.07) is 4.99. The highest BCUT2D eigenvalue weighted by Crippen LogP contribution is 2.40. The molecular formula is C23H30ClN3O5S. The fraction of sp³-hybridized carbons (Fsp3) is 0.522. The Morgan fingerprint density at radius 2 is 1.88 bits per heavy atom. The molecule has 0 saturated heterocycles. The van der Waals surface area contributed by atoms with Crippen LogP contribution in [0.1, 0.15) is 49.3 Å². The van der Waals surface area contributed by atoms with E-state index in [2.05, 4.69) is 15.3 Å². The lowest BCUT2D eigenvalue weighted by molar-refractivity contribution is -0.116. The van der Waals surface area contributed by atoms with Crippen molar-refractivity contribution in [2.24, 2.45) is 5.92 Å². The van der Waals surface area contributed by atoms with Crippen LogP contribution in [0.2, 0.25) is 5.02 Å². The quantitative estimate of drug-likeness (QED) is 0.496. The Bertz CT molecular complexity index is 1050. The van der Waals surface area contributed by atoms with Crippen molar-refractivity contribution in [2.75, 3.05) is 25.8 Å². The number of halogens is 1. The van der Waals surface area contributed by atoms with Crippen LogP contribution in [0.5, 0.6) is 0 Å². The number of hydrogen-bond donors (Lipinski definition) is 1. The van der Waals surface area contributed by atoms with Crippen molar-refractivity contribution in [1.82, 2.24) is 9.97 Å². The third-order valence-corrected chi connectivity index (χ3v) is 7.61. The monoisotopic (exact) mass is 495 g/mol. The largest absolute Gasteiger partial charge is 0.356 e. The van der Waals surface area contributed by atoms with E-state index in [0.29, 0.717) is 23.9 Å². The Balaban J connectivity index is 1.72. The Hall–Kier alpha value is -2.07. The van der Waals surface area contributed by atoms with Gasteiger partial charge in [0.1, 0.15) is 0 Å². The molecule has 1 fully saturated rings. The lowest BCUT2D eigenvalue weighted by Gasteiger charge is -2.24. The van der Waals surface area contributed by atoms with Crippen LogP contribution >= 0.6 is 11.6 Å². The minimum absolute atomic E-state index is 0.0602. The van der Waals surface area contributed by atoms with Crippen molar-refractivity contribution in [2.45, 2.75) is 55.6 Å². The number of anilines is 1. The molecule has 1 aliphatic rings. The summed E-state index contributed by atoms with van der Waals surface area (Å²) < 4.78 is 34.2. The van der Waals surface area contributed by atoms with E-state index in [-0.39, 0.29) is 28.2 Å². The van der Waals surface area contributed by atoms with E-state index in [0.717, 1.165) is 37.5 Å². The SMILES string of the molecule is COC(Cc1cnc(NC(=O)CC(c2ccc(S(C)(=O)=O)c(Cl)c2)C2CCCC2)cn1)OC. The van der Waals surface area contributed by atoms with Gasteiger partial charge in [-0.3, -0.25) is 9.78 Å². The van der Waals surface area contributed by atoms with E-state index in [1.54, 1.807) is 32.5 Å². The lowest BCUT2D eigenvalue weighted by atomic mass is 9.82. The summed E-state index contributed by atoms with van der Waals surface area (Å²) in [5, 5.41) is 3.01. The molecule has 10 heteroatoms. The van der Waals surface area contributed by atoms with Gasteiger partial charge in [0.2, 0.25) is 5.91 Å². The second-order valence-electron chi connectivity index (χ2n) is 8.36. The number of carbonyl (C=O) groups excluding carboxylic acids is 1. The number of rotatable bonds is 10. The zero-order valence-corrected chi connectivity index (χ0v) is 20.7. The van der Waals surface area contributed by atoms with Gasteiger partial charge in [0.25, 0.3) is 0 Å². The average molecular weight is 496 g/mol. The van der Waals surface area contributed by atoms with Gasteiger partial charge in [-0.05, 0) is 42.4 Å². The van der Waals surface area contributed by atoms with Gasteiger partial charge in [-0.25, -0.2) is 13.4 Å². The maximum absolute atomic E-state index is 12.9. The summed E-state index contributed by atoms with van der Waals surface area (Å²) in [5.41, 5.74) is 1.56. The lowest BCUT2D eigenvalue weighted by Crippen LogP contribution is -2.21. The van der Waals surface area contributed by atoms with Crippen molar-refractivity contribution in [3.8, 4) is 0 Å². The average Bonchev–Trinajstić information content (AvgIpc) is 3.30. The van der Waals surface area contributed by atoms with Crippen molar-refractivity contribution in [3.05, 3.63) is 46.9 Å². The highest BCUT2D eigenvalue weighted by molar-refractivity contribution is 7.90. The molecule has 1 N–H and O–H groups in total. The van der Waals surface area contributed by atoms with Gasteiger partial charge in [-0.1, -0.05) is 30.5 Å². The van der Waals surface area contributed by atoms with E-state index in [4.69, 9.17) is 21.1 Å². The van der Waals surface area contributed by atoms with Gasteiger partial charge in [0.15, 0.2) is 21.9 Å². The zero-order valence-electron chi connectivity index (χ0n) is 19.1. The number of aromatic nitrogens is 2. The van der Waals surface area contributed by atoms with Gasteiger partial charge >= 0.3 is 0 Å². The molecule has 1 aromatic carbocycles. The first-order valence-electron chi connectivity index (χ1n) is 10.9. The molecule has 3 rings (SSSR count). The van der Waals surface area contributed by atoms with Crippen LogP contribution in [-0.2, 0) is 30.5 Å². The Kier molecular flexibility index (Phi) is 8.81. The maximum atomic E-state index is 12.9. The first-order chi connectivity index (χ1) is 15.7. The first-order valence-corrected chi connectivity index (χ1v) is 13.1. The molecule has 0 radical (unpaired) electrons. The molecule has 2 aromatic rings. The molecule has 1 atom stereocenters. The highest BCUT2D eigenvalue weighted by Gasteiger charge is 2.29. The molecule has 0 bridgehead atoms.